The van der Waals surface area contributed by atoms with Crippen molar-refractivity contribution in [3.8, 4) is 0 Å². The zero-order chi connectivity index (χ0) is 13.8. The van der Waals surface area contributed by atoms with Gasteiger partial charge in [-0.3, -0.25) is 0 Å². The Bertz CT molecular complexity index is 370. The molecule has 0 spiro atoms. The maximum atomic E-state index is 12.6. The molecule has 0 aromatic carbocycles. The number of rotatable bonds is 5. The number of hydrogen-bond donors (Lipinski definition) is 2. The molecule has 0 saturated heterocycles. The summed E-state index contributed by atoms with van der Waals surface area (Å²) in [5, 5.41) is 2.88. The topological polar surface area (TPSA) is 50.9 Å². The average molecular weight is 261 g/mol. The van der Waals surface area contributed by atoms with E-state index in [-0.39, 0.29) is 5.82 Å². The molecule has 0 amide bonds. The maximum absolute atomic E-state index is 12.6. The number of nitrogens with one attached hydrogen (secondary N) is 1. The van der Waals surface area contributed by atoms with E-state index in [4.69, 9.17) is 5.73 Å². The highest BCUT2D eigenvalue weighted by Crippen LogP contribution is 2.32. The number of nitrogens with zero attached hydrogens (tertiary/aromatic N) is 1. The maximum Gasteiger partial charge on any atom is 0.390 e. The van der Waals surface area contributed by atoms with Crippen LogP contribution in [0, 0.1) is 6.92 Å². The molecule has 18 heavy (non-hydrogen) atoms. The highest BCUT2D eigenvalue weighted by atomic mass is 19.4. The fourth-order valence-corrected chi connectivity index (χ4v) is 1.87. The summed E-state index contributed by atoms with van der Waals surface area (Å²) in [6.07, 6.45) is -2.92. The Morgan fingerprint density at radius 1 is 1.44 bits per heavy atom. The van der Waals surface area contributed by atoms with Crippen molar-refractivity contribution in [2.75, 3.05) is 12.3 Å². The van der Waals surface area contributed by atoms with Gasteiger partial charge in [-0.05, 0) is 31.5 Å². The Balaban J connectivity index is 3.01. The van der Waals surface area contributed by atoms with Gasteiger partial charge in [0.15, 0.2) is 0 Å². The van der Waals surface area contributed by atoms with Crippen LogP contribution in [0.5, 0.6) is 0 Å². The molecule has 102 valence electrons. The Hall–Kier alpha value is -1.30. The van der Waals surface area contributed by atoms with Gasteiger partial charge in [-0.25, -0.2) is 4.98 Å². The molecule has 0 saturated carbocycles. The third kappa shape index (κ3) is 4.18. The van der Waals surface area contributed by atoms with Crippen molar-refractivity contribution < 1.29 is 13.2 Å². The van der Waals surface area contributed by atoms with Crippen LogP contribution in [0.3, 0.4) is 0 Å². The van der Waals surface area contributed by atoms with Gasteiger partial charge >= 0.3 is 6.18 Å². The number of aryl methyl sites for hydroxylation is 1. The molecule has 0 radical (unpaired) electrons. The minimum atomic E-state index is -4.24. The number of nitrogens with two attached hydrogens (primary N) is 1. The minimum absolute atomic E-state index is 0.160. The molecule has 1 aromatic rings. The van der Waals surface area contributed by atoms with Crippen molar-refractivity contribution in [3.63, 3.8) is 0 Å². The van der Waals surface area contributed by atoms with Crippen LogP contribution in [-0.2, 0) is 0 Å². The molecule has 1 heterocycles. The summed E-state index contributed by atoms with van der Waals surface area (Å²) in [7, 11) is 0. The summed E-state index contributed by atoms with van der Waals surface area (Å²) >= 11 is 0. The van der Waals surface area contributed by atoms with Crippen molar-refractivity contribution in [1.29, 1.82) is 0 Å². The number of hydrogen-bond acceptors (Lipinski definition) is 3. The van der Waals surface area contributed by atoms with Gasteiger partial charge in [0.25, 0.3) is 0 Å². The third-order valence-electron chi connectivity index (χ3n) is 2.66. The predicted molar refractivity (Wildman–Crippen MR) is 65.1 cm³/mol. The average Bonchev–Trinajstić information content (AvgIpc) is 2.23. The van der Waals surface area contributed by atoms with Crippen molar-refractivity contribution in [2.45, 2.75) is 38.9 Å². The highest BCUT2D eigenvalue weighted by Gasteiger charge is 2.33. The van der Waals surface area contributed by atoms with E-state index < -0.39 is 18.6 Å². The van der Waals surface area contributed by atoms with E-state index in [9.17, 15) is 13.2 Å². The number of nitrogen functional groups attached to an aromatic ring is 1. The van der Waals surface area contributed by atoms with Gasteiger partial charge < -0.3 is 11.1 Å². The summed E-state index contributed by atoms with van der Waals surface area (Å²) in [6, 6.07) is 0.835. The zero-order valence-corrected chi connectivity index (χ0v) is 10.5. The Morgan fingerprint density at radius 3 is 2.61 bits per heavy atom. The van der Waals surface area contributed by atoms with Crippen LogP contribution in [0.15, 0.2) is 12.3 Å². The van der Waals surface area contributed by atoms with Gasteiger partial charge in [-0.1, -0.05) is 6.92 Å². The van der Waals surface area contributed by atoms with Crippen molar-refractivity contribution in [1.82, 2.24) is 10.3 Å². The van der Waals surface area contributed by atoms with Crippen LogP contribution >= 0.6 is 0 Å². The normalized spacial score (nSPS) is 13.6. The van der Waals surface area contributed by atoms with Crippen LogP contribution in [0.2, 0.25) is 0 Å². The molecule has 1 unspecified atom stereocenters. The van der Waals surface area contributed by atoms with Gasteiger partial charge in [0.2, 0.25) is 0 Å². The van der Waals surface area contributed by atoms with Crippen molar-refractivity contribution in [2.24, 2.45) is 0 Å². The predicted octanol–water partition coefficient (Wildman–Crippen LogP) is 2.97. The number of pyridine rings is 1. The van der Waals surface area contributed by atoms with E-state index in [0.717, 1.165) is 12.0 Å². The molecule has 0 aliphatic heterocycles. The molecule has 0 aliphatic carbocycles. The molecule has 3 N–H and O–H groups in total. The molecule has 3 nitrogen and oxygen atoms in total. The van der Waals surface area contributed by atoms with Crippen molar-refractivity contribution >= 4 is 5.82 Å². The third-order valence-corrected chi connectivity index (χ3v) is 2.66. The van der Waals surface area contributed by atoms with Crippen LogP contribution < -0.4 is 11.1 Å². The SMILES string of the molecule is CCCNC(CC(F)(F)F)c1c(C)ccnc1N. The molecule has 0 aliphatic rings. The summed E-state index contributed by atoms with van der Waals surface area (Å²) in [5.41, 5.74) is 6.86. The van der Waals surface area contributed by atoms with Gasteiger partial charge in [-0.2, -0.15) is 13.2 Å². The molecule has 6 heteroatoms. The van der Waals surface area contributed by atoms with Gasteiger partial charge in [0, 0.05) is 17.8 Å². The Labute approximate surface area is 105 Å². The molecular weight excluding hydrogens is 243 g/mol. The first-order valence-electron chi connectivity index (χ1n) is 5.86. The Kier molecular flexibility index (Phi) is 4.95. The standard InChI is InChI=1S/C12H18F3N3/c1-3-5-17-9(7-12(13,14)15)10-8(2)4-6-18-11(10)16/h4,6,9,17H,3,5,7H2,1-2H3,(H2,16,18). The fraction of sp³-hybridized carbons (Fsp3) is 0.583. The molecule has 0 fully saturated rings. The lowest BCUT2D eigenvalue weighted by atomic mass is 9.99. The smallest absolute Gasteiger partial charge is 0.383 e. The van der Waals surface area contributed by atoms with E-state index in [2.05, 4.69) is 10.3 Å². The largest absolute Gasteiger partial charge is 0.390 e. The monoisotopic (exact) mass is 261 g/mol. The summed E-state index contributed by atoms with van der Waals surface area (Å²) in [6.45, 7) is 4.15. The van der Waals surface area contributed by atoms with Crippen LogP contribution in [0.25, 0.3) is 0 Å². The number of anilines is 1. The first-order chi connectivity index (χ1) is 8.35. The second-order valence-electron chi connectivity index (χ2n) is 4.25. The highest BCUT2D eigenvalue weighted by molar-refractivity contribution is 5.46. The second kappa shape index (κ2) is 6.04. The minimum Gasteiger partial charge on any atom is -0.383 e. The summed E-state index contributed by atoms with van der Waals surface area (Å²) < 4.78 is 37.7. The van der Waals surface area contributed by atoms with E-state index in [1.807, 2.05) is 6.92 Å². The fourth-order valence-electron chi connectivity index (χ4n) is 1.87. The van der Waals surface area contributed by atoms with Gasteiger partial charge in [-0.15, -0.1) is 0 Å². The first kappa shape index (κ1) is 14.8. The first-order valence-corrected chi connectivity index (χ1v) is 5.86. The van der Waals surface area contributed by atoms with Crippen LogP contribution in [0.1, 0.15) is 36.9 Å². The van der Waals surface area contributed by atoms with E-state index in [0.29, 0.717) is 12.1 Å². The van der Waals surface area contributed by atoms with Gasteiger partial charge in [0.1, 0.15) is 5.82 Å². The second-order valence-corrected chi connectivity index (χ2v) is 4.25. The van der Waals surface area contributed by atoms with E-state index in [1.54, 1.807) is 13.0 Å². The summed E-state index contributed by atoms with van der Waals surface area (Å²) in [4.78, 5) is 3.87. The lowest BCUT2D eigenvalue weighted by Crippen LogP contribution is -2.28. The Morgan fingerprint density at radius 2 is 2.11 bits per heavy atom. The van der Waals surface area contributed by atoms with E-state index in [1.165, 1.54) is 6.20 Å². The lowest BCUT2D eigenvalue weighted by molar-refractivity contribution is -0.140. The lowest BCUT2D eigenvalue weighted by Gasteiger charge is -2.23. The quantitative estimate of drug-likeness (QED) is 0.856. The number of alkyl halides is 3. The zero-order valence-electron chi connectivity index (χ0n) is 10.5. The molecule has 1 aromatic heterocycles. The van der Waals surface area contributed by atoms with Gasteiger partial charge in [0.05, 0.1) is 6.42 Å². The molecule has 1 atom stereocenters. The number of halogens is 3. The van der Waals surface area contributed by atoms with Crippen LogP contribution in [0.4, 0.5) is 19.0 Å². The summed E-state index contributed by atoms with van der Waals surface area (Å²) in [5.74, 6) is 0.160. The molecular formula is C12H18F3N3. The molecule has 0 bridgehead atoms. The molecule has 1 rings (SSSR count). The van der Waals surface area contributed by atoms with E-state index >= 15 is 0 Å². The van der Waals surface area contributed by atoms with Crippen LogP contribution in [-0.4, -0.2) is 17.7 Å². The van der Waals surface area contributed by atoms with Crippen molar-refractivity contribution in [3.05, 3.63) is 23.4 Å². The number of aromatic nitrogens is 1.